The lowest BCUT2D eigenvalue weighted by atomic mass is 10.1. The van der Waals surface area contributed by atoms with Gasteiger partial charge in [-0.2, -0.15) is 20.1 Å². The molecule has 29 heavy (non-hydrogen) atoms. The molecule has 8 nitrogen and oxygen atoms in total. The quantitative estimate of drug-likeness (QED) is 0.571. The fraction of sp³-hybridized carbons (Fsp3) is 0.0952. The van der Waals surface area contributed by atoms with Crippen LogP contribution in [0.3, 0.4) is 0 Å². The minimum atomic E-state index is -0.225. The van der Waals surface area contributed by atoms with E-state index in [1.807, 2.05) is 37.3 Å². The molecule has 1 N–H and O–H groups in total. The minimum absolute atomic E-state index is 0.0583. The van der Waals surface area contributed by atoms with Gasteiger partial charge in [0.1, 0.15) is 12.4 Å². The van der Waals surface area contributed by atoms with Crippen molar-refractivity contribution in [3.63, 3.8) is 0 Å². The maximum Gasteiger partial charge on any atom is 0.247 e. The zero-order valence-corrected chi connectivity index (χ0v) is 15.6. The highest BCUT2D eigenvalue weighted by molar-refractivity contribution is 5.90. The molecule has 3 aromatic heterocycles. The maximum absolute atomic E-state index is 12.5. The number of rotatable bonds is 5. The summed E-state index contributed by atoms with van der Waals surface area (Å²) in [6, 6.07) is 16.6. The van der Waals surface area contributed by atoms with E-state index in [9.17, 15) is 4.79 Å². The van der Waals surface area contributed by atoms with Gasteiger partial charge in [-0.05, 0) is 36.8 Å². The topological polar surface area (TPSA) is 101 Å². The van der Waals surface area contributed by atoms with E-state index in [1.165, 1.54) is 0 Å². The molecule has 8 heteroatoms. The molecule has 0 radical (unpaired) electrons. The molecular formula is C21H17N7O. The molecule has 1 aromatic carbocycles. The fourth-order valence-electron chi connectivity index (χ4n) is 2.91. The Morgan fingerprint density at radius 1 is 1.17 bits per heavy atom. The SMILES string of the molecule is Cc1cc(NC(=O)Cn2cc(-c3ccc(C#N)cc3)cn2)n(-c2ccccn2)n1. The molecule has 4 aromatic rings. The molecular weight excluding hydrogens is 366 g/mol. The number of aryl methyl sites for hydroxylation is 1. The molecule has 0 saturated heterocycles. The highest BCUT2D eigenvalue weighted by atomic mass is 16.2. The first-order chi connectivity index (χ1) is 14.1. The van der Waals surface area contributed by atoms with E-state index in [0.717, 1.165) is 16.8 Å². The van der Waals surface area contributed by atoms with Crippen molar-refractivity contribution in [3.05, 3.63) is 78.4 Å². The number of carbonyl (C=O) groups is 1. The smallest absolute Gasteiger partial charge is 0.247 e. The Morgan fingerprint density at radius 3 is 2.72 bits per heavy atom. The van der Waals surface area contributed by atoms with E-state index in [4.69, 9.17) is 5.26 Å². The van der Waals surface area contributed by atoms with Gasteiger partial charge in [0, 0.05) is 24.0 Å². The van der Waals surface area contributed by atoms with Crippen LogP contribution in [-0.4, -0.2) is 30.5 Å². The number of carbonyl (C=O) groups excluding carboxylic acids is 1. The van der Waals surface area contributed by atoms with Crippen LogP contribution in [-0.2, 0) is 11.3 Å². The van der Waals surface area contributed by atoms with Crippen molar-refractivity contribution in [2.75, 3.05) is 5.32 Å². The van der Waals surface area contributed by atoms with E-state index < -0.39 is 0 Å². The zero-order valence-electron chi connectivity index (χ0n) is 15.6. The first kappa shape index (κ1) is 18.1. The number of nitriles is 1. The van der Waals surface area contributed by atoms with Crippen LogP contribution < -0.4 is 5.32 Å². The standard InChI is InChI=1S/C21H17N7O/c1-15-10-20(28(26-15)19-4-2-3-9-23-19)25-21(29)14-27-13-18(12-24-27)17-7-5-16(11-22)6-8-17/h2-10,12-13H,14H2,1H3,(H,25,29). The summed E-state index contributed by atoms with van der Waals surface area (Å²) in [5.74, 6) is 0.945. The van der Waals surface area contributed by atoms with E-state index in [1.54, 1.807) is 46.2 Å². The van der Waals surface area contributed by atoms with Crippen molar-refractivity contribution in [1.82, 2.24) is 24.5 Å². The summed E-state index contributed by atoms with van der Waals surface area (Å²) < 4.78 is 3.16. The molecule has 0 aliphatic carbocycles. The van der Waals surface area contributed by atoms with Crippen molar-refractivity contribution in [3.8, 4) is 23.0 Å². The molecule has 0 saturated carbocycles. The van der Waals surface area contributed by atoms with Gasteiger partial charge in [0.2, 0.25) is 5.91 Å². The second kappa shape index (κ2) is 7.78. The maximum atomic E-state index is 12.5. The van der Waals surface area contributed by atoms with Crippen LogP contribution in [0.25, 0.3) is 16.9 Å². The lowest BCUT2D eigenvalue weighted by Gasteiger charge is -2.08. The summed E-state index contributed by atoms with van der Waals surface area (Å²) in [7, 11) is 0. The Balaban J connectivity index is 1.47. The molecule has 0 aliphatic rings. The second-order valence-corrected chi connectivity index (χ2v) is 6.43. The number of nitrogens with zero attached hydrogens (tertiary/aromatic N) is 6. The summed E-state index contributed by atoms with van der Waals surface area (Å²) in [5.41, 5.74) is 3.17. The van der Waals surface area contributed by atoms with Crippen LogP contribution >= 0.6 is 0 Å². The number of benzene rings is 1. The van der Waals surface area contributed by atoms with Gasteiger partial charge in [0.05, 0.1) is 23.5 Å². The van der Waals surface area contributed by atoms with Gasteiger partial charge in [0.15, 0.2) is 5.82 Å². The van der Waals surface area contributed by atoms with Crippen molar-refractivity contribution < 1.29 is 4.79 Å². The Labute approximate surface area is 167 Å². The number of hydrogen-bond acceptors (Lipinski definition) is 5. The van der Waals surface area contributed by atoms with E-state index in [2.05, 4.69) is 26.6 Å². The highest BCUT2D eigenvalue weighted by Gasteiger charge is 2.13. The lowest BCUT2D eigenvalue weighted by Crippen LogP contribution is -2.21. The Bertz CT molecular complexity index is 1180. The number of hydrogen-bond donors (Lipinski definition) is 1. The monoisotopic (exact) mass is 383 g/mol. The van der Waals surface area contributed by atoms with Gasteiger partial charge in [-0.1, -0.05) is 18.2 Å². The van der Waals surface area contributed by atoms with Crippen LogP contribution in [0.15, 0.2) is 67.1 Å². The second-order valence-electron chi connectivity index (χ2n) is 6.43. The van der Waals surface area contributed by atoms with Gasteiger partial charge < -0.3 is 5.32 Å². The Kier molecular flexibility index (Phi) is 4.86. The Morgan fingerprint density at radius 2 is 2.00 bits per heavy atom. The largest absolute Gasteiger partial charge is 0.309 e. The molecule has 0 unspecified atom stereocenters. The van der Waals surface area contributed by atoms with Crippen molar-refractivity contribution >= 4 is 11.7 Å². The molecule has 142 valence electrons. The minimum Gasteiger partial charge on any atom is -0.309 e. The number of amides is 1. The van der Waals surface area contributed by atoms with Crippen LogP contribution in [0.4, 0.5) is 5.82 Å². The van der Waals surface area contributed by atoms with Crippen LogP contribution in [0.1, 0.15) is 11.3 Å². The third-order valence-corrected chi connectivity index (χ3v) is 4.25. The molecule has 0 atom stereocenters. The van der Waals surface area contributed by atoms with Crippen LogP contribution in [0, 0.1) is 18.3 Å². The van der Waals surface area contributed by atoms with Gasteiger partial charge in [-0.3, -0.25) is 9.48 Å². The number of nitrogens with one attached hydrogen (secondary N) is 1. The molecule has 3 heterocycles. The van der Waals surface area contributed by atoms with E-state index >= 15 is 0 Å². The first-order valence-corrected chi connectivity index (χ1v) is 8.93. The number of anilines is 1. The molecule has 0 aliphatic heterocycles. The normalized spacial score (nSPS) is 10.5. The molecule has 0 spiro atoms. The summed E-state index contributed by atoms with van der Waals surface area (Å²) in [5, 5.41) is 20.4. The number of aromatic nitrogens is 5. The first-order valence-electron chi connectivity index (χ1n) is 8.93. The average molecular weight is 383 g/mol. The predicted molar refractivity (Wildman–Crippen MR) is 107 cm³/mol. The van der Waals surface area contributed by atoms with Crippen molar-refractivity contribution in [2.24, 2.45) is 0 Å². The van der Waals surface area contributed by atoms with Gasteiger partial charge >= 0.3 is 0 Å². The van der Waals surface area contributed by atoms with Gasteiger partial charge in [-0.25, -0.2) is 4.98 Å². The fourth-order valence-corrected chi connectivity index (χ4v) is 2.91. The molecule has 4 rings (SSSR count). The summed E-state index contributed by atoms with van der Waals surface area (Å²) in [6.07, 6.45) is 5.16. The highest BCUT2D eigenvalue weighted by Crippen LogP contribution is 2.19. The molecule has 0 fully saturated rings. The predicted octanol–water partition coefficient (Wildman–Crippen LogP) is 2.95. The van der Waals surface area contributed by atoms with E-state index in [0.29, 0.717) is 17.2 Å². The van der Waals surface area contributed by atoms with Crippen LogP contribution in [0.5, 0.6) is 0 Å². The third kappa shape index (κ3) is 4.04. The van der Waals surface area contributed by atoms with E-state index in [-0.39, 0.29) is 12.5 Å². The van der Waals surface area contributed by atoms with Crippen molar-refractivity contribution in [2.45, 2.75) is 13.5 Å². The van der Waals surface area contributed by atoms with Crippen molar-refractivity contribution in [1.29, 1.82) is 5.26 Å². The zero-order chi connectivity index (χ0) is 20.2. The van der Waals surface area contributed by atoms with Gasteiger partial charge in [0.25, 0.3) is 0 Å². The lowest BCUT2D eigenvalue weighted by molar-refractivity contribution is -0.116. The van der Waals surface area contributed by atoms with Gasteiger partial charge in [-0.15, -0.1) is 0 Å². The third-order valence-electron chi connectivity index (χ3n) is 4.25. The Hall–Kier alpha value is -4.25. The number of pyridine rings is 1. The molecule has 0 bridgehead atoms. The average Bonchev–Trinajstić information content (AvgIpc) is 3.35. The summed E-state index contributed by atoms with van der Waals surface area (Å²) in [6.45, 7) is 1.91. The summed E-state index contributed by atoms with van der Waals surface area (Å²) in [4.78, 5) is 16.8. The summed E-state index contributed by atoms with van der Waals surface area (Å²) >= 11 is 0. The van der Waals surface area contributed by atoms with Crippen LogP contribution in [0.2, 0.25) is 0 Å². The molecule has 1 amide bonds.